The molecule has 1 atom stereocenters. The van der Waals surface area contributed by atoms with Gasteiger partial charge in [-0.25, -0.2) is 4.99 Å². The Morgan fingerprint density at radius 1 is 1.03 bits per heavy atom. The van der Waals surface area contributed by atoms with Gasteiger partial charge in [0.15, 0.2) is 5.96 Å². The summed E-state index contributed by atoms with van der Waals surface area (Å²) in [6, 6.07) is 18.8. The van der Waals surface area contributed by atoms with Gasteiger partial charge in [-0.2, -0.15) is 0 Å². The molecule has 0 spiro atoms. The highest BCUT2D eigenvalue weighted by molar-refractivity contribution is 14.0. The van der Waals surface area contributed by atoms with E-state index >= 15 is 0 Å². The molecular formula is C24H34IN3O2. The number of ether oxygens (including phenoxy) is 2. The van der Waals surface area contributed by atoms with Crippen LogP contribution in [0.1, 0.15) is 30.0 Å². The van der Waals surface area contributed by atoms with Crippen LogP contribution in [-0.2, 0) is 29.2 Å². The Bertz CT molecular complexity index is 753. The topological polar surface area (TPSA) is 46.1 Å². The second kappa shape index (κ2) is 13.6. The van der Waals surface area contributed by atoms with Crippen molar-refractivity contribution in [2.75, 3.05) is 33.4 Å². The molecule has 1 aliphatic heterocycles. The van der Waals surface area contributed by atoms with Crippen molar-refractivity contribution in [1.29, 1.82) is 0 Å². The van der Waals surface area contributed by atoms with E-state index in [1.165, 1.54) is 16.7 Å². The predicted octanol–water partition coefficient (Wildman–Crippen LogP) is 4.46. The van der Waals surface area contributed by atoms with Crippen molar-refractivity contribution >= 4 is 29.9 Å². The lowest BCUT2D eigenvalue weighted by molar-refractivity contribution is 0.107. The Labute approximate surface area is 197 Å². The smallest absolute Gasteiger partial charge is 0.194 e. The van der Waals surface area contributed by atoms with Gasteiger partial charge in [0.2, 0.25) is 0 Å². The van der Waals surface area contributed by atoms with Crippen molar-refractivity contribution in [2.24, 2.45) is 10.9 Å². The van der Waals surface area contributed by atoms with Crippen molar-refractivity contribution in [1.82, 2.24) is 10.2 Å². The molecule has 164 valence electrons. The summed E-state index contributed by atoms with van der Waals surface area (Å²) in [5.41, 5.74) is 3.59. The van der Waals surface area contributed by atoms with E-state index in [2.05, 4.69) is 53.5 Å². The number of likely N-dealkylation sites (tertiary alicyclic amines) is 1. The fraction of sp³-hybridized carbons (Fsp3) is 0.458. The first-order valence-electron chi connectivity index (χ1n) is 10.5. The van der Waals surface area contributed by atoms with Crippen LogP contribution in [0.2, 0.25) is 0 Å². The molecule has 0 saturated carbocycles. The summed E-state index contributed by atoms with van der Waals surface area (Å²) in [6.07, 6.45) is 1.16. The Kier molecular flexibility index (Phi) is 11.2. The van der Waals surface area contributed by atoms with Crippen molar-refractivity contribution in [3.05, 3.63) is 71.3 Å². The maximum absolute atomic E-state index is 5.82. The summed E-state index contributed by atoms with van der Waals surface area (Å²) < 4.78 is 11.1. The molecule has 1 fully saturated rings. The van der Waals surface area contributed by atoms with Crippen LogP contribution in [0.3, 0.4) is 0 Å². The average molecular weight is 523 g/mol. The first kappa shape index (κ1) is 24.6. The van der Waals surface area contributed by atoms with Crippen LogP contribution >= 0.6 is 24.0 Å². The van der Waals surface area contributed by atoms with Gasteiger partial charge in [-0.1, -0.05) is 54.6 Å². The molecular weight excluding hydrogens is 489 g/mol. The summed E-state index contributed by atoms with van der Waals surface area (Å²) >= 11 is 0. The standard InChI is InChI=1S/C24H33N3O2.HI/c1-3-25-24(27-14-13-23(16-27)17-28-2)26-15-20-9-11-22(12-10-20)19-29-18-21-7-5-4-6-8-21;/h4-12,23H,3,13-19H2,1-2H3,(H,25,26);1H. The normalized spacial score (nSPS) is 16.4. The SMILES string of the molecule is CCNC(=NCc1ccc(COCc2ccccc2)cc1)N1CCC(COC)C1.I. The summed E-state index contributed by atoms with van der Waals surface area (Å²) in [5.74, 6) is 1.60. The van der Waals surface area contributed by atoms with Crippen LogP contribution in [0.4, 0.5) is 0 Å². The number of nitrogens with one attached hydrogen (secondary N) is 1. The molecule has 30 heavy (non-hydrogen) atoms. The van der Waals surface area contributed by atoms with E-state index in [1.807, 2.05) is 18.2 Å². The Morgan fingerprint density at radius 3 is 2.37 bits per heavy atom. The van der Waals surface area contributed by atoms with Crippen molar-refractivity contribution in [3.8, 4) is 0 Å². The van der Waals surface area contributed by atoms with E-state index in [0.29, 0.717) is 25.7 Å². The third-order valence-electron chi connectivity index (χ3n) is 5.14. The Morgan fingerprint density at radius 2 is 1.70 bits per heavy atom. The van der Waals surface area contributed by atoms with Gasteiger partial charge in [-0.15, -0.1) is 24.0 Å². The third kappa shape index (κ3) is 7.89. The number of nitrogens with zero attached hydrogens (tertiary/aromatic N) is 2. The second-order valence-electron chi connectivity index (χ2n) is 7.52. The quantitative estimate of drug-likeness (QED) is 0.300. The molecule has 2 aromatic carbocycles. The largest absolute Gasteiger partial charge is 0.384 e. The fourth-order valence-electron chi connectivity index (χ4n) is 3.59. The van der Waals surface area contributed by atoms with Crippen LogP contribution in [0.5, 0.6) is 0 Å². The Hall–Kier alpha value is -1.64. The average Bonchev–Trinajstić information content (AvgIpc) is 3.22. The fourth-order valence-corrected chi connectivity index (χ4v) is 3.59. The molecule has 1 aliphatic rings. The predicted molar refractivity (Wildman–Crippen MR) is 133 cm³/mol. The van der Waals surface area contributed by atoms with E-state index in [0.717, 1.165) is 38.6 Å². The van der Waals surface area contributed by atoms with Gasteiger partial charge in [0.1, 0.15) is 0 Å². The molecule has 0 aliphatic carbocycles. The first-order valence-corrected chi connectivity index (χ1v) is 10.5. The minimum atomic E-state index is 0. The van der Waals surface area contributed by atoms with Gasteiger partial charge in [0, 0.05) is 32.7 Å². The second-order valence-corrected chi connectivity index (χ2v) is 7.52. The lowest BCUT2D eigenvalue weighted by Crippen LogP contribution is -2.40. The molecule has 6 heteroatoms. The zero-order chi connectivity index (χ0) is 20.3. The van der Waals surface area contributed by atoms with Gasteiger partial charge in [0.05, 0.1) is 26.4 Å². The molecule has 1 N–H and O–H groups in total. The summed E-state index contributed by atoms with van der Waals surface area (Å²) in [6.45, 7) is 7.80. The number of halogens is 1. The molecule has 0 bridgehead atoms. The first-order chi connectivity index (χ1) is 14.3. The summed E-state index contributed by atoms with van der Waals surface area (Å²) in [4.78, 5) is 7.20. The van der Waals surface area contributed by atoms with Crippen LogP contribution in [0, 0.1) is 5.92 Å². The number of guanidine groups is 1. The van der Waals surface area contributed by atoms with Crippen LogP contribution in [0.25, 0.3) is 0 Å². The molecule has 0 radical (unpaired) electrons. The maximum atomic E-state index is 5.82. The molecule has 3 rings (SSSR count). The molecule has 1 saturated heterocycles. The van der Waals surface area contributed by atoms with E-state index < -0.39 is 0 Å². The minimum Gasteiger partial charge on any atom is -0.384 e. The van der Waals surface area contributed by atoms with Crippen LogP contribution in [0.15, 0.2) is 59.6 Å². The highest BCUT2D eigenvalue weighted by Crippen LogP contribution is 2.17. The van der Waals surface area contributed by atoms with Crippen LogP contribution in [-0.4, -0.2) is 44.2 Å². The van der Waals surface area contributed by atoms with E-state index in [1.54, 1.807) is 7.11 Å². The summed E-state index contributed by atoms with van der Waals surface area (Å²) in [7, 11) is 1.78. The van der Waals surface area contributed by atoms with E-state index in [4.69, 9.17) is 14.5 Å². The zero-order valence-electron chi connectivity index (χ0n) is 18.0. The Balaban J connectivity index is 0.00000320. The van der Waals surface area contributed by atoms with E-state index in [-0.39, 0.29) is 24.0 Å². The number of aliphatic imine (C=N–C) groups is 1. The number of methoxy groups -OCH3 is 1. The minimum absolute atomic E-state index is 0. The number of hydrogen-bond donors (Lipinski definition) is 1. The zero-order valence-corrected chi connectivity index (χ0v) is 20.4. The van der Waals surface area contributed by atoms with Gasteiger partial charge in [-0.05, 0) is 30.0 Å². The van der Waals surface area contributed by atoms with Gasteiger partial charge < -0.3 is 19.7 Å². The van der Waals surface area contributed by atoms with E-state index in [9.17, 15) is 0 Å². The van der Waals surface area contributed by atoms with Crippen LogP contribution < -0.4 is 5.32 Å². The van der Waals surface area contributed by atoms with Gasteiger partial charge >= 0.3 is 0 Å². The van der Waals surface area contributed by atoms with Gasteiger partial charge in [-0.3, -0.25) is 0 Å². The monoisotopic (exact) mass is 523 g/mol. The lowest BCUT2D eigenvalue weighted by atomic mass is 10.1. The molecule has 1 heterocycles. The van der Waals surface area contributed by atoms with Crippen molar-refractivity contribution in [3.63, 3.8) is 0 Å². The van der Waals surface area contributed by atoms with Gasteiger partial charge in [0.25, 0.3) is 0 Å². The van der Waals surface area contributed by atoms with Crippen molar-refractivity contribution in [2.45, 2.75) is 33.1 Å². The highest BCUT2D eigenvalue weighted by Gasteiger charge is 2.24. The molecule has 5 nitrogen and oxygen atoms in total. The molecule has 0 aromatic heterocycles. The van der Waals surface area contributed by atoms with Crippen molar-refractivity contribution < 1.29 is 9.47 Å². The molecule has 0 amide bonds. The third-order valence-corrected chi connectivity index (χ3v) is 5.14. The summed E-state index contributed by atoms with van der Waals surface area (Å²) in [5, 5.41) is 3.43. The number of rotatable bonds is 9. The number of benzene rings is 2. The maximum Gasteiger partial charge on any atom is 0.194 e. The lowest BCUT2D eigenvalue weighted by Gasteiger charge is -2.21. The number of hydrogen-bond acceptors (Lipinski definition) is 3. The highest BCUT2D eigenvalue weighted by atomic mass is 127. The molecule has 1 unspecified atom stereocenters. The molecule has 2 aromatic rings.